The second-order valence-electron chi connectivity index (χ2n) is 5.38. The Hall–Kier alpha value is -1.77. The number of ether oxygens (including phenoxy) is 4. The summed E-state index contributed by atoms with van der Waals surface area (Å²) in [7, 11) is 0. The number of esters is 4. The van der Waals surface area contributed by atoms with Crippen LogP contribution in [0.4, 0.5) is 0 Å². The standard InChI is InChI=1S/C15H22O8S/c1-7(16)20-11-6-12(24-5)14(22-9(3)18)15(23-10(4)19)13(11)21-8(2)17/h11-15H,6H2,1-5H3. The molecular weight excluding hydrogens is 340 g/mol. The molecule has 0 aromatic carbocycles. The van der Waals surface area contributed by atoms with Gasteiger partial charge < -0.3 is 18.9 Å². The molecule has 1 fully saturated rings. The predicted molar refractivity (Wildman–Crippen MR) is 84.1 cm³/mol. The van der Waals surface area contributed by atoms with Crippen molar-refractivity contribution in [1.82, 2.24) is 0 Å². The Labute approximate surface area is 144 Å². The van der Waals surface area contributed by atoms with Crippen LogP contribution < -0.4 is 0 Å². The monoisotopic (exact) mass is 362 g/mol. The highest BCUT2D eigenvalue weighted by Gasteiger charge is 2.51. The van der Waals surface area contributed by atoms with E-state index in [1.54, 1.807) is 6.26 Å². The van der Waals surface area contributed by atoms with Crippen molar-refractivity contribution in [3.63, 3.8) is 0 Å². The van der Waals surface area contributed by atoms with E-state index >= 15 is 0 Å². The minimum Gasteiger partial charge on any atom is -0.458 e. The molecule has 1 aliphatic rings. The summed E-state index contributed by atoms with van der Waals surface area (Å²) in [5.41, 5.74) is 0. The number of carbonyl (C=O) groups excluding carboxylic acids is 4. The van der Waals surface area contributed by atoms with E-state index < -0.39 is 48.3 Å². The molecule has 0 radical (unpaired) electrons. The number of hydrogen-bond donors (Lipinski definition) is 0. The van der Waals surface area contributed by atoms with E-state index in [2.05, 4.69) is 0 Å². The Kier molecular flexibility index (Phi) is 7.53. The first-order valence-electron chi connectivity index (χ1n) is 7.37. The Morgan fingerprint density at radius 2 is 1.12 bits per heavy atom. The summed E-state index contributed by atoms with van der Waals surface area (Å²) >= 11 is 1.38. The fraction of sp³-hybridized carbons (Fsp3) is 0.733. The number of rotatable bonds is 5. The van der Waals surface area contributed by atoms with Crippen molar-refractivity contribution in [2.45, 2.75) is 63.8 Å². The maximum Gasteiger partial charge on any atom is 0.303 e. The molecule has 9 heteroatoms. The van der Waals surface area contributed by atoms with Crippen molar-refractivity contribution in [1.29, 1.82) is 0 Å². The molecule has 0 saturated heterocycles. The van der Waals surface area contributed by atoms with Crippen LogP contribution >= 0.6 is 11.8 Å². The normalized spacial score (nSPS) is 29.3. The van der Waals surface area contributed by atoms with Gasteiger partial charge in [-0.25, -0.2) is 0 Å². The highest BCUT2D eigenvalue weighted by Crippen LogP contribution is 2.35. The van der Waals surface area contributed by atoms with E-state index in [0.29, 0.717) is 0 Å². The van der Waals surface area contributed by atoms with Gasteiger partial charge in [0, 0.05) is 39.4 Å². The van der Waals surface area contributed by atoms with Gasteiger partial charge in [0.25, 0.3) is 0 Å². The van der Waals surface area contributed by atoms with Gasteiger partial charge in [-0.3, -0.25) is 19.2 Å². The average molecular weight is 362 g/mol. The second-order valence-corrected chi connectivity index (χ2v) is 6.46. The number of thioether (sulfide) groups is 1. The van der Waals surface area contributed by atoms with E-state index in [-0.39, 0.29) is 11.7 Å². The molecule has 0 heterocycles. The third kappa shape index (κ3) is 5.70. The number of hydrogen-bond acceptors (Lipinski definition) is 9. The van der Waals surface area contributed by atoms with Crippen molar-refractivity contribution in [2.24, 2.45) is 0 Å². The van der Waals surface area contributed by atoms with Crippen LogP contribution in [0.1, 0.15) is 34.1 Å². The molecule has 5 atom stereocenters. The van der Waals surface area contributed by atoms with Crippen molar-refractivity contribution >= 4 is 35.6 Å². The van der Waals surface area contributed by atoms with Gasteiger partial charge in [0.1, 0.15) is 6.10 Å². The molecule has 24 heavy (non-hydrogen) atoms. The summed E-state index contributed by atoms with van der Waals surface area (Å²) < 4.78 is 21.0. The molecule has 8 nitrogen and oxygen atoms in total. The van der Waals surface area contributed by atoms with Gasteiger partial charge in [-0.05, 0) is 6.26 Å². The van der Waals surface area contributed by atoms with Gasteiger partial charge >= 0.3 is 23.9 Å². The molecule has 0 N–H and O–H groups in total. The molecule has 0 spiro atoms. The van der Waals surface area contributed by atoms with E-state index in [1.165, 1.54) is 39.5 Å². The Balaban J connectivity index is 3.23. The smallest absolute Gasteiger partial charge is 0.303 e. The van der Waals surface area contributed by atoms with Gasteiger partial charge in [0.15, 0.2) is 18.3 Å². The molecule has 0 aliphatic heterocycles. The molecule has 0 aromatic rings. The Morgan fingerprint density at radius 3 is 1.54 bits per heavy atom. The molecule has 136 valence electrons. The minimum atomic E-state index is -1.06. The van der Waals surface area contributed by atoms with Crippen molar-refractivity contribution in [3.05, 3.63) is 0 Å². The molecule has 0 aromatic heterocycles. The van der Waals surface area contributed by atoms with Crippen LogP contribution in [0.2, 0.25) is 0 Å². The first kappa shape index (κ1) is 20.3. The van der Waals surface area contributed by atoms with Crippen LogP contribution in [0.15, 0.2) is 0 Å². The van der Waals surface area contributed by atoms with Gasteiger partial charge in [0.05, 0.1) is 0 Å². The fourth-order valence-electron chi connectivity index (χ4n) is 2.66. The maximum absolute atomic E-state index is 11.5. The SMILES string of the molecule is CSC1CC(OC(C)=O)C(OC(C)=O)C(OC(C)=O)C1OC(C)=O. The lowest BCUT2D eigenvalue weighted by molar-refractivity contribution is -0.208. The second kappa shape index (κ2) is 8.91. The average Bonchev–Trinajstić information content (AvgIpc) is 2.42. The lowest BCUT2D eigenvalue weighted by atomic mass is 9.88. The lowest BCUT2D eigenvalue weighted by Gasteiger charge is -2.43. The molecular formula is C15H22O8S. The quantitative estimate of drug-likeness (QED) is 0.520. The summed E-state index contributed by atoms with van der Waals surface area (Å²) in [5.74, 6) is -2.36. The molecule has 0 bridgehead atoms. The molecule has 5 unspecified atom stereocenters. The fourth-order valence-corrected chi connectivity index (χ4v) is 3.52. The first-order chi connectivity index (χ1) is 11.1. The summed E-state index contributed by atoms with van der Waals surface area (Å²) in [6, 6.07) is 0. The summed E-state index contributed by atoms with van der Waals surface area (Å²) in [6.45, 7) is 4.86. The predicted octanol–water partition coefficient (Wildman–Crippen LogP) is 0.848. The maximum atomic E-state index is 11.5. The summed E-state index contributed by atoms with van der Waals surface area (Å²) in [5, 5.41) is -0.297. The van der Waals surface area contributed by atoms with Crippen molar-refractivity contribution < 1.29 is 38.1 Å². The highest BCUT2D eigenvalue weighted by molar-refractivity contribution is 7.99. The van der Waals surface area contributed by atoms with Crippen LogP contribution in [0.25, 0.3) is 0 Å². The van der Waals surface area contributed by atoms with Crippen LogP contribution in [-0.4, -0.2) is 59.8 Å². The van der Waals surface area contributed by atoms with Gasteiger partial charge in [-0.1, -0.05) is 0 Å². The van der Waals surface area contributed by atoms with Crippen molar-refractivity contribution in [3.8, 4) is 0 Å². The third-order valence-electron chi connectivity index (χ3n) is 3.37. The van der Waals surface area contributed by atoms with E-state index in [9.17, 15) is 19.2 Å². The van der Waals surface area contributed by atoms with E-state index in [1.807, 2.05) is 0 Å². The first-order valence-corrected chi connectivity index (χ1v) is 8.66. The van der Waals surface area contributed by atoms with E-state index in [0.717, 1.165) is 0 Å². The van der Waals surface area contributed by atoms with Gasteiger partial charge in [-0.15, -0.1) is 0 Å². The topological polar surface area (TPSA) is 105 Å². The molecule has 1 rings (SSSR count). The zero-order chi connectivity index (χ0) is 18.4. The molecule has 1 aliphatic carbocycles. The summed E-state index contributed by atoms with van der Waals surface area (Å²) in [4.78, 5) is 45.7. The Bertz CT molecular complexity index is 506. The third-order valence-corrected chi connectivity index (χ3v) is 4.44. The van der Waals surface area contributed by atoms with Crippen LogP contribution in [0.5, 0.6) is 0 Å². The summed E-state index contributed by atoms with van der Waals surface area (Å²) in [6.07, 6.45) is -1.66. The van der Waals surface area contributed by atoms with Crippen LogP contribution in [-0.2, 0) is 38.1 Å². The van der Waals surface area contributed by atoms with Crippen molar-refractivity contribution in [2.75, 3.05) is 6.26 Å². The zero-order valence-corrected chi connectivity index (χ0v) is 15.1. The number of carbonyl (C=O) groups is 4. The van der Waals surface area contributed by atoms with Crippen LogP contribution in [0.3, 0.4) is 0 Å². The molecule has 1 saturated carbocycles. The largest absolute Gasteiger partial charge is 0.458 e. The zero-order valence-electron chi connectivity index (χ0n) is 14.3. The lowest BCUT2D eigenvalue weighted by Crippen LogP contribution is -2.60. The van der Waals surface area contributed by atoms with Gasteiger partial charge in [-0.2, -0.15) is 11.8 Å². The minimum absolute atomic E-state index is 0.286. The van der Waals surface area contributed by atoms with Gasteiger partial charge in [0.2, 0.25) is 0 Å². The van der Waals surface area contributed by atoms with E-state index in [4.69, 9.17) is 18.9 Å². The Morgan fingerprint density at radius 1 is 0.708 bits per heavy atom. The molecule has 0 amide bonds. The highest BCUT2D eigenvalue weighted by atomic mass is 32.2. The van der Waals surface area contributed by atoms with Crippen LogP contribution in [0, 0.1) is 0 Å².